The van der Waals surface area contributed by atoms with Crippen LogP contribution in [0.1, 0.15) is 11.1 Å². The molecule has 1 aromatic heterocycles. The average molecular weight is 292 g/mol. The number of anilines is 2. The topological polar surface area (TPSA) is 50.9 Å². The van der Waals surface area contributed by atoms with Crippen molar-refractivity contribution in [2.45, 2.75) is 13.5 Å². The number of benzene rings is 1. The molecule has 1 heterocycles. The first-order valence-corrected chi connectivity index (χ1v) is 6.17. The number of aromatic nitrogens is 1. The van der Waals surface area contributed by atoms with Crippen LogP contribution >= 0.6 is 15.9 Å². The molecule has 2 rings (SSSR count). The van der Waals surface area contributed by atoms with E-state index in [1.165, 1.54) is 0 Å². The monoisotopic (exact) mass is 291 g/mol. The molecule has 2 aromatic rings. The second-order valence-corrected chi connectivity index (χ2v) is 4.66. The Bertz CT molecular complexity index is 526. The lowest BCUT2D eigenvalue weighted by Gasteiger charge is -2.10. The lowest BCUT2D eigenvalue weighted by atomic mass is 10.2. The molecule has 0 aliphatic carbocycles. The summed E-state index contributed by atoms with van der Waals surface area (Å²) in [6.07, 6.45) is 1.79. The second kappa shape index (κ2) is 5.29. The molecule has 3 N–H and O–H groups in total. The fraction of sp³-hybridized carbons (Fsp3) is 0.154. The van der Waals surface area contributed by atoms with E-state index in [9.17, 15) is 0 Å². The van der Waals surface area contributed by atoms with E-state index in [4.69, 9.17) is 5.73 Å². The summed E-state index contributed by atoms with van der Waals surface area (Å²) in [5.74, 6) is 0.826. The zero-order valence-electron chi connectivity index (χ0n) is 9.57. The van der Waals surface area contributed by atoms with Crippen LogP contribution in [0.25, 0.3) is 0 Å². The summed E-state index contributed by atoms with van der Waals surface area (Å²) < 4.78 is 1.01. The van der Waals surface area contributed by atoms with Gasteiger partial charge in [0.15, 0.2) is 0 Å². The van der Waals surface area contributed by atoms with Crippen LogP contribution < -0.4 is 11.1 Å². The van der Waals surface area contributed by atoms with Crippen molar-refractivity contribution in [3.63, 3.8) is 0 Å². The second-order valence-electron chi connectivity index (χ2n) is 3.80. The van der Waals surface area contributed by atoms with E-state index in [-0.39, 0.29) is 0 Å². The summed E-state index contributed by atoms with van der Waals surface area (Å²) in [6, 6.07) is 9.97. The van der Waals surface area contributed by atoms with Gasteiger partial charge in [0.25, 0.3) is 0 Å². The van der Waals surface area contributed by atoms with E-state index < -0.39 is 0 Å². The SMILES string of the molecule is Cc1cc(Nc2ccccc2CN)ncc1Br. The Balaban J connectivity index is 2.28. The highest BCUT2D eigenvalue weighted by atomic mass is 79.9. The standard InChI is InChI=1S/C13H14BrN3/c1-9-6-13(16-8-11(9)14)17-12-5-3-2-4-10(12)7-15/h2-6,8H,7,15H2,1H3,(H,16,17). The van der Waals surface area contributed by atoms with Gasteiger partial charge in [0.1, 0.15) is 5.82 Å². The van der Waals surface area contributed by atoms with Crippen molar-refractivity contribution < 1.29 is 0 Å². The Kier molecular flexibility index (Phi) is 3.76. The third-order valence-corrected chi connectivity index (χ3v) is 3.38. The van der Waals surface area contributed by atoms with Crippen molar-refractivity contribution in [1.82, 2.24) is 4.98 Å². The van der Waals surface area contributed by atoms with Crippen LogP contribution in [-0.2, 0) is 6.54 Å². The molecule has 0 aliphatic heterocycles. The quantitative estimate of drug-likeness (QED) is 0.912. The van der Waals surface area contributed by atoms with Crippen LogP contribution in [0.5, 0.6) is 0 Å². The van der Waals surface area contributed by atoms with Crippen LogP contribution in [0.15, 0.2) is 41.0 Å². The van der Waals surface area contributed by atoms with Crippen molar-refractivity contribution in [3.05, 3.63) is 52.1 Å². The third-order valence-electron chi connectivity index (χ3n) is 2.55. The van der Waals surface area contributed by atoms with Gasteiger partial charge in [0, 0.05) is 22.9 Å². The van der Waals surface area contributed by atoms with Gasteiger partial charge in [-0.2, -0.15) is 0 Å². The molecule has 0 saturated carbocycles. The number of hydrogen-bond acceptors (Lipinski definition) is 3. The molecule has 0 unspecified atom stereocenters. The Morgan fingerprint density at radius 1 is 1.35 bits per heavy atom. The van der Waals surface area contributed by atoms with Gasteiger partial charge in [0.2, 0.25) is 0 Å². The van der Waals surface area contributed by atoms with Crippen molar-refractivity contribution in [3.8, 4) is 0 Å². The maximum Gasteiger partial charge on any atom is 0.130 e. The van der Waals surface area contributed by atoms with Gasteiger partial charge >= 0.3 is 0 Å². The first-order chi connectivity index (χ1) is 8.20. The molecule has 0 atom stereocenters. The number of nitrogens with one attached hydrogen (secondary N) is 1. The Morgan fingerprint density at radius 2 is 2.12 bits per heavy atom. The average Bonchev–Trinajstić information content (AvgIpc) is 2.34. The van der Waals surface area contributed by atoms with E-state index in [2.05, 4.69) is 26.2 Å². The molecule has 1 aromatic carbocycles. The minimum absolute atomic E-state index is 0.513. The summed E-state index contributed by atoms with van der Waals surface area (Å²) in [7, 11) is 0. The van der Waals surface area contributed by atoms with Gasteiger partial charge in [-0.05, 0) is 46.1 Å². The molecule has 0 bridgehead atoms. The van der Waals surface area contributed by atoms with E-state index in [0.29, 0.717) is 6.54 Å². The number of pyridine rings is 1. The Hall–Kier alpha value is -1.39. The number of nitrogens with two attached hydrogens (primary N) is 1. The minimum atomic E-state index is 0.513. The normalized spacial score (nSPS) is 10.3. The number of para-hydroxylation sites is 1. The smallest absolute Gasteiger partial charge is 0.130 e. The molecular weight excluding hydrogens is 278 g/mol. The lowest BCUT2D eigenvalue weighted by Crippen LogP contribution is -2.02. The van der Waals surface area contributed by atoms with Gasteiger partial charge in [-0.25, -0.2) is 4.98 Å². The molecule has 0 spiro atoms. The number of aryl methyl sites for hydroxylation is 1. The predicted octanol–water partition coefficient (Wildman–Crippen LogP) is 3.35. The summed E-state index contributed by atoms with van der Waals surface area (Å²) in [6.45, 7) is 2.55. The van der Waals surface area contributed by atoms with Crippen LogP contribution in [0.3, 0.4) is 0 Å². The minimum Gasteiger partial charge on any atom is -0.340 e. The molecular formula is C13H14BrN3. The molecule has 0 radical (unpaired) electrons. The summed E-state index contributed by atoms with van der Waals surface area (Å²) >= 11 is 3.43. The van der Waals surface area contributed by atoms with Gasteiger partial charge in [-0.3, -0.25) is 0 Å². The van der Waals surface area contributed by atoms with Crippen molar-refractivity contribution in [2.75, 3.05) is 5.32 Å². The highest BCUT2D eigenvalue weighted by Crippen LogP contribution is 2.22. The van der Waals surface area contributed by atoms with Gasteiger partial charge in [-0.15, -0.1) is 0 Å². The van der Waals surface area contributed by atoms with E-state index in [1.807, 2.05) is 37.3 Å². The highest BCUT2D eigenvalue weighted by Gasteiger charge is 2.02. The first-order valence-electron chi connectivity index (χ1n) is 5.38. The molecule has 0 saturated heterocycles. The van der Waals surface area contributed by atoms with Gasteiger partial charge in [-0.1, -0.05) is 18.2 Å². The molecule has 0 fully saturated rings. The Labute approximate surface area is 109 Å². The van der Waals surface area contributed by atoms with Crippen LogP contribution in [0, 0.1) is 6.92 Å². The van der Waals surface area contributed by atoms with Gasteiger partial charge in [0.05, 0.1) is 0 Å². The predicted molar refractivity (Wildman–Crippen MR) is 74.3 cm³/mol. The van der Waals surface area contributed by atoms with E-state index >= 15 is 0 Å². The number of halogens is 1. The molecule has 3 nitrogen and oxygen atoms in total. The van der Waals surface area contributed by atoms with Crippen LogP contribution in [0.2, 0.25) is 0 Å². The highest BCUT2D eigenvalue weighted by molar-refractivity contribution is 9.10. The van der Waals surface area contributed by atoms with Crippen molar-refractivity contribution in [2.24, 2.45) is 5.73 Å². The van der Waals surface area contributed by atoms with E-state index in [0.717, 1.165) is 27.1 Å². The zero-order chi connectivity index (χ0) is 12.3. The number of rotatable bonds is 3. The van der Waals surface area contributed by atoms with Crippen LogP contribution in [0.4, 0.5) is 11.5 Å². The third kappa shape index (κ3) is 2.84. The van der Waals surface area contributed by atoms with E-state index in [1.54, 1.807) is 6.20 Å². The summed E-state index contributed by atoms with van der Waals surface area (Å²) in [5, 5.41) is 3.28. The largest absolute Gasteiger partial charge is 0.340 e. The van der Waals surface area contributed by atoms with Crippen molar-refractivity contribution in [1.29, 1.82) is 0 Å². The maximum atomic E-state index is 5.69. The molecule has 4 heteroatoms. The number of hydrogen-bond donors (Lipinski definition) is 2. The lowest BCUT2D eigenvalue weighted by molar-refractivity contribution is 1.07. The van der Waals surface area contributed by atoms with Crippen LogP contribution in [-0.4, -0.2) is 4.98 Å². The molecule has 17 heavy (non-hydrogen) atoms. The first kappa shape index (κ1) is 12.1. The summed E-state index contributed by atoms with van der Waals surface area (Å²) in [4.78, 5) is 4.31. The van der Waals surface area contributed by atoms with Gasteiger partial charge < -0.3 is 11.1 Å². The number of nitrogens with zero attached hydrogens (tertiary/aromatic N) is 1. The fourth-order valence-corrected chi connectivity index (χ4v) is 1.78. The summed E-state index contributed by atoms with van der Waals surface area (Å²) in [5.41, 5.74) is 8.92. The fourth-order valence-electron chi connectivity index (χ4n) is 1.57. The zero-order valence-corrected chi connectivity index (χ0v) is 11.2. The molecule has 0 aliphatic rings. The maximum absolute atomic E-state index is 5.69. The Morgan fingerprint density at radius 3 is 2.82 bits per heavy atom. The molecule has 88 valence electrons. The van der Waals surface area contributed by atoms with Crippen molar-refractivity contribution >= 4 is 27.4 Å². The molecule has 0 amide bonds.